The zero-order valence-electron chi connectivity index (χ0n) is 8.16. The first kappa shape index (κ1) is 10.1. The van der Waals surface area contributed by atoms with Gasteiger partial charge in [0, 0.05) is 6.42 Å². The molecule has 0 amide bonds. The number of ether oxygens (including phenoxy) is 1. The van der Waals surface area contributed by atoms with Crippen LogP contribution in [0.5, 0.6) is 5.75 Å². The monoisotopic (exact) mass is 180 g/mol. The van der Waals surface area contributed by atoms with Gasteiger partial charge in [0.25, 0.3) is 0 Å². The lowest BCUT2D eigenvalue weighted by molar-refractivity contribution is 0.0553. The Balaban J connectivity index is 2.29. The molecule has 0 bridgehead atoms. The van der Waals surface area contributed by atoms with E-state index >= 15 is 0 Å². The maximum atomic E-state index is 9.42. The van der Waals surface area contributed by atoms with Crippen molar-refractivity contribution in [1.29, 1.82) is 0 Å². The van der Waals surface area contributed by atoms with Crippen molar-refractivity contribution in [3.8, 4) is 5.75 Å². The molecular formula is C11H16O2. The predicted molar refractivity (Wildman–Crippen MR) is 52.9 cm³/mol. The van der Waals surface area contributed by atoms with E-state index in [9.17, 15) is 5.11 Å². The van der Waals surface area contributed by atoms with Crippen molar-refractivity contribution in [3.05, 3.63) is 30.3 Å². The number of hydrogen-bond acceptors (Lipinski definition) is 2. The molecule has 1 N–H and O–H groups in total. The van der Waals surface area contributed by atoms with E-state index in [-0.39, 0.29) is 0 Å². The van der Waals surface area contributed by atoms with Gasteiger partial charge in [-0.15, -0.1) is 0 Å². The first-order valence-electron chi connectivity index (χ1n) is 4.48. The van der Waals surface area contributed by atoms with Crippen molar-refractivity contribution < 1.29 is 9.84 Å². The molecule has 0 atom stereocenters. The number of para-hydroxylation sites is 1. The Hall–Kier alpha value is -1.02. The van der Waals surface area contributed by atoms with Gasteiger partial charge in [-0.1, -0.05) is 18.2 Å². The molecule has 1 aromatic carbocycles. The summed E-state index contributed by atoms with van der Waals surface area (Å²) in [6.07, 6.45) is 0.641. The third-order valence-corrected chi connectivity index (χ3v) is 1.73. The maximum Gasteiger partial charge on any atom is 0.119 e. The van der Waals surface area contributed by atoms with Crippen molar-refractivity contribution in [2.24, 2.45) is 0 Å². The van der Waals surface area contributed by atoms with Gasteiger partial charge < -0.3 is 9.84 Å². The highest BCUT2D eigenvalue weighted by atomic mass is 16.5. The van der Waals surface area contributed by atoms with Crippen LogP contribution < -0.4 is 4.74 Å². The van der Waals surface area contributed by atoms with E-state index in [1.807, 2.05) is 30.3 Å². The molecule has 13 heavy (non-hydrogen) atoms. The zero-order chi connectivity index (χ0) is 9.73. The Morgan fingerprint density at radius 3 is 2.38 bits per heavy atom. The van der Waals surface area contributed by atoms with Crippen molar-refractivity contribution in [1.82, 2.24) is 0 Å². The molecule has 0 aromatic heterocycles. The standard InChI is InChI=1S/C11H16O2/c1-11(2,12)8-9-13-10-6-4-3-5-7-10/h3-7,12H,8-9H2,1-2H3. The van der Waals surface area contributed by atoms with Crippen LogP contribution in [0.2, 0.25) is 0 Å². The third kappa shape index (κ3) is 4.53. The Kier molecular flexibility index (Phi) is 3.32. The summed E-state index contributed by atoms with van der Waals surface area (Å²) in [5.74, 6) is 0.853. The molecule has 0 saturated carbocycles. The van der Waals surface area contributed by atoms with Crippen LogP contribution in [0.1, 0.15) is 20.3 Å². The molecule has 0 radical (unpaired) electrons. The van der Waals surface area contributed by atoms with Crippen LogP contribution in [-0.4, -0.2) is 17.3 Å². The average molecular weight is 180 g/mol. The fourth-order valence-electron chi connectivity index (χ4n) is 0.935. The molecule has 0 aliphatic heterocycles. The average Bonchev–Trinajstić information content (AvgIpc) is 2.04. The highest BCUT2D eigenvalue weighted by Gasteiger charge is 2.11. The molecule has 2 nitrogen and oxygen atoms in total. The lowest BCUT2D eigenvalue weighted by Gasteiger charge is -2.16. The summed E-state index contributed by atoms with van der Waals surface area (Å²) in [5, 5.41) is 9.42. The topological polar surface area (TPSA) is 29.5 Å². The first-order chi connectivity index (χ1) is 6.08. The van der Waals surface area contributed by atoms with Crippen molar-refractivity contribution in [2.75, 3.05) is 6.61 Å². The summed E-state index contributed by atoms with van der Waals surface area (Å²) in [7, 11) is 0. The molecule has 0 heterocycles. The Morgan fingerprint density at radius 2 is 1.85 bits per heavy atom. The van der Waals surface area contributed by atoms with Crippen LogP contribution in [0.15, 0.2) is 30.3 Å². The SMILES string of the molecule is CC(C)(O)CCOc1ccccc1. The van der Waals surface area contributed by atoms with Gasteiger partial charge in [0.2, 0.25) is 0 Å². The molecule has 0 fully saturated rings. The number of rotatable bonds is 4. The lowest BCUT2D eigenvalue weighted by Crippen LogP contribution is -2.21. The van der Waals surface area contributed by atoms with Gasteiger partial charge in [-0.3, -0.25) is 0 Å². The van der Waals surface area contributed by atoms with Gasteiger partial charge in [-0.25, -0.2) is 0 Å². The molecule has 1 rings (SSSR count). The van der Waals surface area contributed by atoms with Crippen LogP contribution in [0, 0.1) is 0 Å². The second-order valence-corrected chi connectivity index (χ2v) is 3.72. The summed E-state index contributed by atoms with van der Waals surface area (Å²) in [6, 6.07) is 9.62. The second kappa shape index (κ2) is 4.28. The van der Waals surface area contributed by atoms with E-state index in [1.165, 1.54) is 0 Å². The highest BCUT2D eigenvalue weighted by Crippen LogP contribution is 2.11. The summed E-state index contributed by atoms with van der Waals surface area (Å²) in [6.45, 7) is 4.11. The Bertz CT molecular complexity index is 236. The number of hydrogen-bond donors (Lipinski definition) is 1. The normalized spacial score (nSPS) is 11.3. The van der Waals surface area contributed by atoms with Gasteiger partial charge in [0.05, 0.1) is 12.2 Å². The zero-order valence-corrected chi connectivity index (χ0v) is 8.16. The largest absolute Gasteiger partial charge is 0.493 e. The second-order valence-electron chi connectivity index (χ2n) is 3.72. The van der Waals surface area contributed by atoms with Gasteiger partial charge in [0.15, 0.2) is 0 Å². The van der Waals surface area contributed by atoms with E-state index in [0.717, 1.165) is 5.75 Å². The maximum absolute atomic E-state index is 9.42. The molecule has 0 unspecified atom stereocenters. The van der Waals surface area contributed by atoms with Crippen molar-refractivity contribution in [2.45, 2.75) is 25.9 Å². The minimum absolute atomic E-state index is 0.549. The molecule has 1 aromatic rings. The van der Waals surface area contributed by atoms with Gasteiger partial charge in [-0.05, 0) is 26.0 Å². The van der Waals surface area contributed by atoms with E-state index < -0.39 is 5.60 Å². The van der Waals surface area contributed by atoms with Crippen LogP contribution in [-0.2, 0) is 0 Å². The van der Waals surface area contributed by atoms with Crippen LogP contribution >= 0.6 is 0 Å². The quantitative estimate of drug-likeness (QED) is 0.770. The van der Waals surface area contributed by atoms with Crippen molar-refractivity contribution >= 4 is 0 Å². The Labute approximate surface area is 79.2 Å². The molecule has 0 aliphatic rings. The van der Waals surface area contributed by atoms with Gasteiger partial charge in [0.1, 0.15) is 5.75 Å². The van der Waals surface area contributed by atoms with E-state index in [2.05, 4.69) is 0 Å². The molecule has 72 valence electrons. The third-order valence-electron chi connectivity index (χ3n) is 1.73. The number of benzene rings is 1. The summed E-state index contributed by atoms with van der Waals surface area (Å²) in [5.41, 5.74) is -0.644. The molecule has 0 spiro atoms. The van der Waals surface area contributed by atoms with Gasteiger partial charge in [-0.2, -0.15) is 0 Å². The van der Waals surface area contributed by atoms with E-state index in [0.29, 0.717) is 13.0 Å². The molecule has 0 saturated heterocycles. The van der Waals surface area contributed by atoms with Crippen LogP contribution in [0.4, 0.5) is 0 Å². The van der Waals surface area contributed by atoms with Gasteiger partial charge >= 0.3 is 0 Å². The minimum atomic E-state index is -0.644. The van der Waals surface area contributed by atoms with Crippen LogP contribution in [0.25, 0.3) is 0 Å². The highest BCUT2D eigenvalue weighted by molar-refractivity contribution is 5.20. The lowest BCUT2D eigenvalue weighted by atomic mass is 10.1. The minimum Gasteiger partial charge on any atom is -0.493 e. The molecule has 2 heteroatoms. The molecular weight excluding hydrogens is 164 g/mol. The summed E-state index contributed by atoms with van der Waals surface area (Å²) < 4.78 is 5.42. The number of aliphatic hydroxyl groups is 1. The van der Waals surface area contributed by atoms with Crippen LogP contribution in [0.3, 0.4) is 0 Å². The summed E-state index contributed by atoms with van der Waals surface area (Å²) in [4.78, 5) is 0. The molecule has 0 aliphatic carbocycles. The Morgan fingerprint density at radius 1 is 1.23 bits per heavy atom. The van der Waals surface area contributed by atoms with E-state index in [1.54, 1.807) is 13.8 Å². The first-order valence-corrected chi connectivity index (χ1v) is 4.48. The smallest absolute Gasteiger partial charge is 0.119 e. The summed E-state index contributed by atoms with van der Waals surface area (Å²) >= 11 is 0. The fourth-order valence-corrected chi connectivity index (χ4v) is 0.935. The van der Waals surface area contributed by atoms with E-state index in [4.69, 9.17) is 4.74 Å². The van der Waals surface area contributed by atoms with Crippen molar-refractivity contribution in [3.63, 3.8) is 0 Å². The fraction of sp³-hybridized carbons (Fsp3) is 0.455. The predicted octanol–water partition coefficient (Wildman–Crippen LogP) is 2.23.